The highest BCUT2D eigenvalue weighted by molar-refractivity contribution is 6.07. The maximum atomic E-state index is 14.3. The molecule has 1 heterocycles. The van der Waals surface area contributed by atoms with Crippen LogP contribution in [0, 0.1) is 5.82 Å². The summed E-state index contributed by atoms with van der Waals surface area (Å²) in [6, 6.07) is 20.8. The molecule has 0 bridgehead atoms. The average Bonchev–Trinajstić information content (AvgIpc) is 3.14. The Balaban J connectivity index is 1.73. The highest BCUT2D eigenvalue weighted by Gasteiger charge is 2.18. The van der Waals surface area contributed by atoms with E-state index in [-0.39, 0.29) is 24.2 Å². The van der Waals surface area contributed by atoms with Crippen LogP contribution in [-0.2, 0) is 11.3 Å². The molecule has 6 nitrogen and oxygen atoms in total. The molecular weight excluding hydrogens is 409 g/mol. The van der Waals surface area contributed by atoms with Gasteiger partial charge in [0.1, 0.15) is 17.3 Å². The Morgan fingerprint density at radius 1 is 0.969 bits per heavy atom. The summed E-state index contributed by atoms with van der Waals surface area (Å²) >= 11 is 0. The number of hydrogen-bond acceptors (Lipinski definition) is 3. The zero-order valence-electron chi connectivity index (χ0n) is 17.7. The minimum Gasteiger partial charge on any atom is -0.495 e. The number of rotatable bonds is 6. The number of carbonyl (C=O) groups is 2. The molecule has 4 rings (SSSR count). The standard InChI is InChI=1S/C25H22FN3O3/c1-16(30)27-19-11-12-24(32-2)21(14-19)28-25(31)23-13-17-7-4-6-10-22(17)29(23)15-18-8-3-5-9-20(18)26/h3-14H,15H2,1-2H3,(H,27,30)(H,28,31). The maximum absolute atomic E-state index is 14.3. The summed E-state index contributed by atoms with van der Waals surface area (Å²) < 4.78 is 21.5. The van der Waals surface area contributed by atoms with Crippen LogP contribution in [0.15, 0.2) is 72.8 Å². The van der Waals surface area contributed by atoms with E-state index < -0.39 is 0 Å². The van der Waals surface area contributed by atoms with E-state index in [4.69, 9.17) is 4.74 Å². The lowest BCUT2D eigenvalue weighted by atomic mass is 10.2. The van der Waals surface area contributed by atoms with Crippen molar-refractivity contribution in [1.29, 1.82) is 0 Å². The molecule has 0 saturated carbocycles. The molecule has 0 fully saturated rings. The third-order valence-corrected chi connectivity index (χ3v) is 5.10. The molecule has 0 aliphatic carbocycles. The second-order valence-electron chi connectivity index (χ2n) is 7.32. The van der Waals surface area contributed by atoms with Crippen LogP contribution in [0.25, 0.3) is 10.9 Å². The van der Waals surface area contributed by atoms with E-state index in [1.165, 1.54) is 20.1 Å². The fourth-order valence-electron chi connectivity index (χ4n) is 3.64. The van der Waals surface area contributed by atoms with E-state index in [0.717, 1.165) is 10.9 Å². The van der Waals surface area contributed by atoms with Crippen LogP contribution in [0.1, 0.15) is 23.0 Å². The van der Waals surface area contributed by atoms with Gasteiger partial charge in [0.2, 0.25) is 5.91 Å². The fraction of sp³-hybridized carbons (Fsp3) is 0.120. The lowest BCUT2D eigenvalue weighted by Crippen LogP contribution is -2.18. The van der Waals surface area contributed by atoms with Crippen molar-refractivity contribution >= 4 is 34.1 Å². The van der Waals surface area contributed by atoms with Gasteiger partial charge >= 0.3 is 0 Å². The van der Waals surface area contributed by atoms with Gasteiger partial charge in [-0.05, 0) is 36.4 Å². The third-order valence-electron chi connectivity index (χ3n) is 5.10. The van der Waals surface area contributed by atoms with Crippen LogP contribution in [0.4, 0.5) is 15.8 Å². The molecule has 0 aliphatic rings. The first-order chi connectivity index (χ1) is 15.5. The van der Waals surface area contributed by atoms with E-state index >= 15 is 0 Å². The van der Waals surface area contributed by atoms with Crippen molar-refractivity contribution in [2.45, 2.75) is 13.5 Å². The van der Waals surface area contributed by atoms with E-state index in [2.05, 4.69) is 10.6 Å². The first kappa shape index (κ1) is 21.1. The second kappa shape index (κ2) is 8.93. The summed E-state index contributed by atoms with van der Waals surface area (Å²) in [6.07, 6.45) is 0. The third kappa shape index (κ3) is 4.32. The molecule has 0 unspecified atom stereocenters. The van der Waals surface area contributed by atoms with E-state index in [0.29, 0.717) is 28.4 Å². The van der Waals surface area contributed by atoms with Crippen molar-refractivity contribution in [3.05, 3.63) is 89.9 Å². The molecule has 3 aromatic carbocycles. The van der Waals surface area contributed by atoms with Gasteiger partial charge in [0.15, 0.2) is 0 Å². The van der Waals surface area contributed by atoms with Gasteiger partial charge in [0.05, 0.1) is 19.3 Å². The van der Waals surface area contributed by atoms with Crippen LogP contribution < -0.4 is 15.4 Å². The number of para-hydroxylation sites is 1. The molecule has 0 aliphatic heterocycles. The van der Waals surface area contributed by atoms with Gasteiger partial charge in [-0.25, -0.2) is 4.39 Å². The van der Waals surface area contributed by atoms with Crippen LogP contribution in [0.3, 0.4) is 0 Å². The number of fused-ring (bicyclic) bond motifs is 1. The summed E-state index contributed by atoms with van der Waals surface area (Å²) in [5.74, 6) is -0.487. The lowest BCUT2D eigenvalue weighted by molar-refractivity contribution is -0.114. The largest absolute Gasteiger partial charge is 0.495 e. The number of aromatic nitrogens is 1. The van der Waals surface area contributed by atoms with E-state index in [1.54, 1.807) is 47.0 Å². The number of nitrogens with one attached hydrogen (secondary N) is 2. The summed E-state index contributed by atoms with van der Waals surface area (Å²) in [6.45, 7) is 1.61. The Hall–Kier alpha value is -4.13. The van der Waals surface area contributed by atoms with E-state index in [9.17, 15) is 14.0 Å². The zero-order chi connectivity index (χ0) is 22.7. The molecule has 4 aromatic rings. The number of anilines is 2. The van der Waals surface area contributed by atoms with E-state index in [1.807, 2.05) is 24.3 Å². The number of ether oxygens (including phenoxy) is 1. The van der Waals surface area contributed by atoms with Crippen molar-refractivity contribution in [2.75, 3.05) is 17.7 Å². The highest BCUT2D eigenvalue weighted by Crippen LogP contribution is 2.29. The van der Waals surface area contributed by atoms with Crippen LogP contribution in [0.5, 0.6) is 5.75 Å². The van der Waals surface area contributed by atoms with Gasteiger partial charge in [0, 0.05) is 29.1 Å². The quantitative estimate of drug-likeness (QED) is 0.449. The molecule has 0 saturated heterocycles. The zero-order valence-corrected chi connectivity index (χ0v) is 17.7. The minimum absolute atomic E-state index is 0.200. The fourth-order valence-corrected chi connectivity index (χ4v) is 3.64. The molecule has 0 spiro atoms. The van der Waals surface area contributed by atoms with Gasteiger partial charge in [-0.1, -0.05) is 36.4 Å². The van der Waals surface area contributed by atoms with Crippen molar-refractivity contribution in [1.82, 2.24) is 4.57 Å². The molecule has 32 heavy (non-hydrogen) atoms. The van der Waals surface area contributed by atoms with Crippen molar-refractivity contribution < 1.29 is 18.7 Å². The molecule has 0 radical (unpaired) electrons. The van der Waals surface area contributed by atoms with Gasteiger partial charge in [-0.15, -0.1) is 0 Å². The highest BCUT2D eigenvalue weighted by atomic mass is 19.1. The summed E-state index contributed by atoms with van der Waals surface area (Å²) in [7, 11) is 1.50. The van der Waals surface area contributed by atoms with Gasteiger partial charge in [0.25, 0.3) is 5.91 Å². The number of nitrogens with zero attached hydrogens (tertiary/aromatic N) is 1. The molecule has 2 N–H and O–H groups in total. The monoisotopic (exact) mass is 431 g/mol. The summed E-state index contributed by atoms with van der Waals surface area (Å²) in [4.78, 5) is 24.7. The Labute approximate surface area is 184 Å². The number of hydrogen-bond donors (Lipinski definition) is 2. The second-order valence-corrected chi connectivity index (χ2v) is 7.32. The number of halogens is 1. The van der Waals surface area contributed by atoms with Crippen molar-refractivity contribution in [3.63, 3.8) is 0 Å². The predicted octanol–water partition coefficient (Wildman–Crippen LogP) is 5.05. The Morgan fingerprint density at radius 3 is 2.47 bits per heavy atom. The molecule has 2 amide bonds. The summed E-state index contributed by atoms with van der Waals surface area (Å²) in [5, 5.41) is 6.42. The van der Waals surface area contributed by atoms with Gasteiger partial charge in [-0.2, -0.15) is 0 Å². The van der Waals surface area contributed by atoms with Crippen molar-refractivity contribution in [2.24, 2.45) is 0 Å². The SMILES string of the molecule is COc1ccc(NC(C)=O)cc1NC(=O)c1cc2ccccc2n1Cc1ccccc1F. The molecule has 1 aromatic heterocycles. The number of benzene rings is 3. The summed E-state index contributed by atoms with van der Waals surface area (Å²) in [5.41, 5.74) is 2.61. The Bertz CT molecular complexity index is 1310. The average molecular weight is 431 g/mol. The number of amides is 2. The topological polar surface area (TPSA) is 72.4 Å². The van der Waals surface area contributed by atoms with Gasteiger partial charge in [-0.3, -0.25) is 9.59 Å². The molecular formula is C25H22FN3O3. The van der Waals surface area contributed by atoms with Gasteiger partial charge < -0.3 is 19.9 Å². The van der Waals surface area contributed by atoms with Crippen molar-refractivity contribution in [3.8, 4) is 5.75 Å². The predicted molar refractivity (Wildman–Crippen MR) is 123 cm³/mol. The van der Waals surface area contributed by atoms with Crippen LogP contribution >= 0.6 is 0 Å². The Morgan fingerprint density at radius 2 is 1.72 bits per heavy atom. The maximum Gasteiger partial charge on any atom is 0.272 e. The number of carbonyl (C=O) groups excluding carboxylic acids is 2. The molecule has 162 valence electrons. The first-order valence-electron chi connectivity index (χ1n) is 10.0. The minimum atomic E-state index is -0.379. The lowest BCUT2D eigenvalue weighted by Gasteiger charge is -2.14. The molecule has 0 atom stereocenters. The smallest absolute Gasteiger partial charge is 0.272 e. The first-order valence-corrected chi connectivity index (χ1v) is 10.0. The Kier molecular flexibility index (Phi) is 5.89. The number of methoxy groups -OCH3 is 1. The molecule has 7 heteroatoms. The van der Waals surface area contributed by atoms with Crippen LogP contribution in [0.2, 0.25) is 0 Å². The van der Waals surface area contributed by atoms with Crippen LogP contribution in [-0.4, -0.2) is 23.5 Å². The normalized spacial score (nSPS) is 10.7.